The molecule has 1 fully saturated rings. The van der Waals surface area contributed by atoms with Crippen LogP contribution in [0.4, 0.5) is 10.1 Å². The van der Waals surface area contributed by atoms with Gasteiger partial charge in [0.25, 0.3) is 5.91 Å². The number of nitrogens with zero attached hydrogens (tertiary/aromatic N) is 4. The predicted molar refractivity (Wildman–Crippen MR) is 147 cm³/mol. The van der Waals surface area contributed by atoms with Crippen molar-refractivity contribution in [1.82, 2.24) is 20.3 Å². The SMILES string of the molecule is COc1ccc(N(C(=O)[C@@H](C)n2nc3ccccc3n2)[C@@H](C(=O)NC2CCCCC2)c2ccc(F)cc2)cc1. The molecule has 0 radical (unpaired) electrons. The van der Waals surface area contributed by atoms with E-state index in [-0.39, 0.29) is 17.9 Å². The van der Waals surface area contributed by atoms with Gasteiger partial charge in [0.15, 0.2) is 0 Å². The highest BCUT2D eigenvalue weighted by Crippen LogP contribution is 2.32. The second kappa shape index (κ2) is 11.6. The lowest BCUT2D eigenvalue weighted by Gasteiger charge is -2.34. The van der Waals surface area contributed by atoms with Gasteiger partial charge in [-0.3, -0.25) is 14.5 Å². The summed E-state index contributed by atoms with van der Waals surface area (Å²) in [6.07, 6.45) is 5.01. The lowest BCUT2D eigenvalue weighted by Crippen LogP contribution is -2.49. The van der Waals surface area contributed by atoms with Crippen molar-refractivity contribution in [2.45, 2.75) is 57.2 Å². The zero-order chi connectivity index (χ0) is 27.4. The van der Waals surface area contributed by atoms with Gasteiger partial charge in [-0.05, 0) is 73.9 Å². The molecule has 1 aliphatic carbocycles. The smallest absolute Gasteiger partial charge is 0.254 e. The van der Waals surface area contributed by atoms with Crippen molar-refractivity contribution in [1.29, 1.82) is 0 Å². The van der Waals surface area contributed by atoms with E-state index in [2.05, 4.69) is 15.5 Å². The molecule has 5 rings (SSSR count). The average molecular weight is 530 g/mol. The van der Waals surface area contributed by atoms with Gasteiger partial charge in [0.2, 0.25) is 5.91 Å². The van der Waals surface area contributed by atoms with E-state index in [0.29, 0.717) is 28.0 Å². The molecule has 0 aliphatic heterocycles. The summed E-state index contributed by atoms with van der Waals surface area (Å²) in [6, 6.07) is 18.2. The van der Waals surface area contributed by atoms with Crippen LogP contribution in [0.2, 0.25) is 0 Å². The zero-order valence-corrected chi connectivity index (χ0v) is 22.1. The number of nitrogens with one attached hydrogen (secondary N) is 1. The monoisotopic (exact) mass is 529 g/mol. The second-order valence-electron chi connectivity index (χ2n) is 9.89. The Hall–Kier alpha value is -4.27. The topological polar surface area (TPSA) is 89.3 Å². The summed E-state index contributed by atoms with van der Waals surface area (Å²) >= 11 is 0. The molecule has 0 unspecified atom stereocenters. The number of carbonyl (C=O) groups excluding carboxylic acids is 2. The summed E-state index contributed by atoms with van der Waals surface area (Å²) in [6.45, 7) is 1.71. The molecule has 9 heteroatoms. The number of fused-ring (bicyclic) bond motifs is 1. The number of aromatic nitrogens is 3. The number of hydrogen-bond donors (Lipinski definition) is 1. The Labute approximate surface area is 226 Å². The first kappa shape index (κ1) is 26.3. The fourth-order valence-corrected chi connectivity index (χ4v) is 5.09. The Morgan fingerprint density at radius 2 is 1.56 bits per heavy atom. The summed E-state index contributed by atoms with van der Waals surface area (Å²) < 4.78 is 19.2. The molecule has 1 N–H and O–H groups in total. The van der Waals surface area contributed by atoms with Gasteiger partial charge in [0.1, 0.15) is 34.7 Å². The molecule has 3 aromatic carbocycles. The highest BCUT2D eigenvalue weighted by molar-refractivity contribution is 6.03. The van der Waals surface area contributed by atoms with Gasteiger partial charge in [-0.25, -0.2) is 4.39 Å². The van der Waals surface area contributed by atoms with Crippen molar-refractivity contribution in [2.24, 2.45) is 0 Å². The van der Waals surface area contributed by atoms with E-state index in [1.165, 1.54) is 21.8 Å². The maximum atomic E-state index is 14.3. The molecule has 1 heterocycles. The van der Waals surface area contributed by atoms with Gasteiger partial charge >= 0.3 is 0 Å². The minimum absolute atomic E-state index is 0.0255. The van der Waals surface area contributed by atoms with Gasteiger partial charge < -0.3 is 10.1 Å². The number of carbonyl (C=O) groups is 2. The first-order chi connectivity index (χ1) is 18.9. The van der Waals surface area contributed by atoms with E-state index in [9.17, 15) is 14.0 Å². The summed E-state index contributed by atoms with van der Waals surface area (Å²) in [7, 11) is 1.56. The third-order valence-corrected chi connectivity index (χ3v) is 7.24. The molecular weight excluding hydrogens is 497 g/mol. The first-order valence-electron chi connectivity index (χ1n) is 13.3. The predicted octanol–water partition coefficient (Wildman–Crippen LogP) is 5.36. The number of hydrogen-bond acceptors (Lipinski definition) is 5. The quantitative estimate of drug-likeness (QED) is 0.332. The van der Waals surface area contributed by atoms with E-state index in [0.717, 1.165) is 32.1 Å². The van der Waals surface area contributed by atoms with Gasteiger partial charge in [-0.2, -0.15) is 15.0 Å². The van der Waals surface area contributed by atoms with Crippen LogP contribution in [-0.4, -0.2) is 40.0 Å². The van der Waals surface area contributed by atoms with Gasteiger partial charge in [0, 0.05) is 11.7 Å². The zero-order valence-electron chi connectivity index (χ0n) is 22.1. The molecule has 1 aromatic heterocycles. The van der Waals surface area contributed by atoms with Crippen LogP contribution < -0.4 is 15.0 Å². The maximum absolute atomic E-state index is 14.3. The van der Waals surface area contributed by atoms with Crippen molar-refractivity contribution in [3.05, 3.63) is 84.2 Å². The van der Waals surface area contributed by atoms with Gasteiger partial charge in [0.05, 0.1) is 7.11 Å². The molecule has 1 saturated carbocycles. The molecular formula is C30H32FN5O3. The lowest BCUT2D eigenvalue weighted by molar-refractivity contribution is -0.128. The van der Waals surface area contributed by atoms with Crippen molar-refractivity contribution in [2.75, 3.05) is 12.0 Å². The van der Waals surface area contributed by atoms with Crippen LogP contribution in [0.3, 0.4) is 0 Å². The van der Waals surface area contributed by atoms with Crippen molar-refractivity contribution in [3.8, 4) is 5.75 Å². The summed E-state index contributed by atoms with van der Waals surface area (Å²) in [4.78, 5) is 31.1. The van der Waals surface area contributed by atoms with Crippen LogP contribution in [0.25, 0.3) is 11.0 Å². The molecule has 0 saturated heterocycles. The van der Waals surface area contributed by atoms with E-state index in [4.69, 9.17) is 4.74 Å². The average Bonchev–Trinajstić information content (AvgIpc) is 3.41. The summed E-state index contributed by atoms with van der Waals surface area (Å²) in [5.74, 6) is -0.505. The van der Waals surface area contributed by atoms with Crippen LogP contribution in [0.1, 0.15) is 56.7 Å². The molecule has 0 spiro atoms. The Kier molecular flexibility index (Phi) is 7.86. The molecule has 0 bridgehead atoms. The number of ether oxygens (including phenoxy) is 1. The van der Waals surface area contributed by atoms with E-state index >= 15 is 0 Å². The third kappa shape index (κ3) is 5.77. The molecule has 2 atom stereocenters. The molecule has 202 valence electrons. The second-order valence-corrected chi connectivity index (χ2v) is 9.89. The Bertz CT molecular complexity index is 1400. The molecule has 2 amide bonds. The Morgan fingerprint density at radius 1 is 0.949 bits per heavy atom. The number of methoxy groups -OCH3 is 1. The van der Waals surface area contributed by atoms with Crippen molar-refractivity contribution < 1.29 is 18.7 Å². The van der Waals surface area contributed by atoms with Crippen LogP contribution in [0, 0.1) is 5.82 Å². The van der Waals surface area contributed by atoms with Crippen LogP contribution in [0.15, 0.2) is 72.8 Å². The lowest BCUT2D eigenvalue weighted by atomic mass is 9.94. The summed E-state index contributed by atoms with van der Waals surface area (Å²) in [5, 5.41) is 12.2. The van der Waals surface area contributed by atoms with Gasteiger partial charge in [-0.1, -0.05) is 43.5 Å². The minimum Gasteiger partial charge on any atom is -0.497 e. The van der Waals surface area contributed by atoms with Crippen LogP contribution in [0.5, 0.6) is 5.75 Å². The fraction of sp³-hybridized carbons (Fsp3) is 0.333. The van der Waals surface area contributed by atoms with Crippen molar-refractivity contribution in [3.63, 3.8) is 0 Å². The Morgan fingerprint density at radius 3 is 2.15 bits per heavy atom. The van der Waals surface area contributed by atoms with E-state index in [1.807, 2.05) is 24.3 Å². The molecule has 39 heavy (non-hydrogen) atoms. The fourth-order valence-electron chi connectivity index (χ4n) is 5.09. The third-order valence-electron chi connectivity index (χ3n) is 7.24. The first-order valence-corrected chi connectivity index (χ1v) is 13.3. The molecule has 4 aromatic rings. The van der Waals surface area contributed by atoms with Gasteiger partial charge in [-0.15, -0.1) is 0 Å². The number of rotatable bonds is 8. The van der Waals surface area contributed by atoms with E-state index in [1.54, 1.807) is 50.4 Å². The standard InChI is InChI=1S/C30H32FN5O3/c1-20(36-33-26-10-6-7-11-27(26)34-36)30(38)35(24-16-18-25(39-2)19-17-24)28(21-12-14-22(31)15-13-21)29(37)32-23-8-4-3-5-9-23/h6-7,10-20,23,28H,3-5,8-9H2,1-2H3,(H,32,37)/t20-,28-/m1/s1. The molecule has 1 aliphatic rings. The van der Waals surface area contributed by atoms with Crippen molar-refractivity contribution >= 4 is 28.5 Å². The minimum atomic E-state index is -1.04. The number of anilines is 1. The maximum Gasteiger partial charge on any atom is 0.254 e. The molecule has 8 nitrogen and oxygen atoms in total. The number of halogens is 1. The summed E-state index contributed by atoms with van der Waals surface area (Å²) in [5.41, 5.74) is 2.33. The van der Waals surface area contributed by atoms with Crippen LogP contribution >= 0.6 is 0 Å². The highest BCUT2D eigenvalue weighted by Gasteiger charge is 2.37. The van der Waals surface area contributed by atoms with E-state index < -0.39 is 17.9 Å². The van der Waals surface area contributed by atoms with Crippen LogP contribution in [-0.2, 0) is 9.59 Å². The largest absolute Gasteiger partial charge is 0.497 e. The number of benzene rings is 3. The Balaban J connectivity index is 1.58. The highest BCUT2D eigenvalue weighted by atomic mass is 19.1. The normalized spacial score (nSPS) is 15.5. The number of amides is 2.